The number of nitrogens with zero attached hydrogens (tertiary/aromatic N) is 1. The molecule has 0 aliphatic carbocycles. The summed E-state index contributed by atoms with van der Waals surface area (Å²) in [5.41, 5.74) is 0.733. The van der Waals surface area contributed by atoms with Crippen LogP contribution in [0.2, 0.25) is 5.02 Å². The highest BCUT2D eigenvalue weighted by atomic mass is 35.5. The maximum Gasteiger partial charge on any atom is 0.321 e. The van der Waals surface area contributed by atoms with Gasteiger partial charge in [0.2, 0.25) is 0 Å². The number of rotatable bonds is 5. The fourth-order valence-electron chi connectivity index (χ4n) is 1.45. The number of hydrogen-bond donors (Lipinski definition) is 2. The van der Waals surface area contributed by atoms with Gasteiger partial charge in [-0.25, -0.2) is 13.4 Å². The summed E-state index contributed by atoms with van der Waals surface area (Å²) in [7, 11) is -3.90. The lowest BCUT2D eigenvalue weighted by Gasteiger charge is -2.07. The number of sulfonamides is 1. The fraction of sp³-hybridized carbons (Fsp3) is 0.167. The number of carbonyl (C=O) groups is 1. The second-order valence-electron chi connectivity index (χ2n) is 4.17. The Morgan fingerprint density at radius 1 is 1.38 bits per heavy atom. The number of thiazole rings is 1. The van der Waals surface area contributed by atoms with E-state index in [-0.39, 0.29) is 4.21 Å². The van der Waals surface area contributed by atoms with Gasteiger partial charge in [0.25, 0.3) is 10.0 Å². The molecule has 2 aromatic rings. The van der Waals surface area contributed by atoms with Crippen molar-refractivity contribution >= 4 is 38.9 Å². The van der Waals surface area contributed by atoms with Crippen molar-refractivity contribution in [3.8, 4) is 10.6 Å². The van der Waals surface area contributed by atoms with Gasteiger partial charge in [0.05, 0.1) is 6.20 Å². The Morgan fingerprint density at radius 3 is 2.57 bits per heavy atom. The van der Waals surface area contributed by atoms with Crippen LogP contribution in [0.25, 0.3) is 10.6 Å². The Morgan fingerprint density at radius 2 is 2.00 bits per heavy atom. The molecule has 0 saturated carbocycles. The van der Waals surface area contributed by atoms with E-state index in [2.05, 4.69) is 9.71 Å². The summed E-state index contributed by atoms with van der Waals surface area (Å²) in [6.45, 7) is 1.25. The molecule has 1 aromatic carbocycles. The van der Waals surface area contributed by atoms with Crippen LogP contribution >= 0.6 is 22.9 Å². The molecule has 0 spiro atoms. The molecule has 0 unspecified atom stereocenters. The highest BCUT2D eigenvalue weighted by Gasteiger charge is 2.23. The summed E-state index contributed by atoms with van der Waals surface area (Å²) < 4.78 is 26.1. The van der Waals surface area contributed by atoms with E-state index in [0.29, 0.717) is 10.0 Å². The number of nitrogens with one attached hydrogen (secondary N) is 1. The number of benzene rings is 1. The van der Waals surface area contributed by atoms with Crippen molar-refractivity contribution in [2.75, 3.05) is 0 Å². The first-order valence-electron chi connectivity index (χ1n) is 5.76. The van der Waals surface area contributed by atoms with Crippen LogP contribution in [-0.2, 0) is 14.8 Å². The molecule has 0 fully saturated rings. The van der Waals surface area contributed by atoms with E-state index in [4.69, 9.17) is 16.7 Å². The number of aromatic nitrogens is 1. The average Bonchev–Trinajstić information content (AvgIpc) is 2.89. The first-order valence-corrected chi connectivity index (χ1v) is 8.44. The Balaban J connectivity index is 2.27. The van der Waals surface area contributed by atoms with E-state index >= 15 is 0 Å². The van der Waals surface area contributed by atoms with Crippen LogP contribution < -0.4 is 4.72 Å². The zero-order valence-corrected chi connectivity index (χ0v) is 13.2. The maximum absolute atomic E-state index is 12.0. The minimum absolute atomic E-state index is 0.0412. The molecule has 0 aliphatic rings. The lowest BCUT2D eigenvalue weighted by atomic mass is 10.2. The quantitative estimate of drug-likeness (QED) is 0.865. The molecule has 1 atom stereocenters. The first-order chi connectivity index (χ1) is 9.79. The summed E-state index contributed by atoms with van der Waals surface area (Å²) in [4.78, 5) is 14.8. The van der Waals surface area contributed by atoms with Gasteiger partial charge < -0.3 is 5.11 Å². The molecule has 0 saturated heterocycles. The first kappa shape index (κ1) is 15.9. The molecule has 1 aromatic heterocycles. The number of halogens is 1. The molecule has 0 radical (unpaired) electrons. The minimum atomic E-state index is -3.90. The normalized spacial score (nSPS) is 13.0. The van der Waals surface area contributed by atoms with Crippen LogP contribution in [0.5, 0.6) is 0 Å². The second kappa shape index (κ2) is 6.10. The van der Waals surface area contributed by atoms with Gasteiger partial charge in [-0.1, -0.05) is 23.7 Å². The zero-order chi connectivity index (χ0) is 15.6. The van der Waals surface area contributed by atoms with E-state index in [0.717, 1.165) is 16.9 Å². The number of hydrogen-bond acceptors (Lipinski definition) is 5. The number of carboxylic acid groups (broad SMARTS) is 1. The Kier molecular flexibility index (Phi) is 4.62. The predicted octanol–water partition coefficient (Wildman–Crippen LogP) is 2.21. The lowest BCUT2D eigenvalue weighted by Crippen LogP contribution is -2.37. The third kappa shape index (κ3) is 3.79. The van der Waals surface area contributed by atoms with E-state index < -0.39 is 22.0 Å². The number of aliphatic carboxylic acids is 1. The van der Waals surface area contributed by atoms with Crippen molar-refractivity contribution in [2.24, 2.45) is 0 Å². The van der Waals surface area contributed by atoms with Crippen molar-refractivity contribution in [1.82, 2.24) is 9.71 Å². The monoisotopic (exact) mass is 346 g/mol. The van der Waals surface area contributed by atoms with Crippen LogP contribution in [0.4, 0.5) is 0 Å². The predicted molar refractivity (Wildman–Crippen MR) is 80.0 cm³/mol. The summed E-state index contributed by atoms with van der Waals surface area (Å²) in [5.74, 6) is -1.25. The van der Waals surface area contributed by atoms with E-state index in [1.54, 1.807) is 24.3 Å². The molecule has 0 bridgehead atoms. The Labute approximate surface area is 130 Å². The highest BCUT2D eigenvalue weighted by Crippen LogP contribution is 2.28. The third-order valence-corrected chi connectivity index (χ3v) is 5.84. The van der Waals surface area contributed by atoms with Crippen LogP contribution in [0, 0.1) is 0 Å². The molecule has 2 rings (SSSR count). The van der Waals surface area contributed by atoms with Gasteiger partial charge >= 0.3 is 5.97 Å². The summed E-state index contributed by atoms with van der Waals surface area (Å²) in [6, 6.07) is 5.60. The van der Waals surface area contributed by atoms with E-state index in [9.17, 15) is 13.2 Å². The van der Waals surface area contributed by atoms with Gasteiger partial charge in [-0.3, -0.25) is 4.79 Å². The molecule has 112 valence electrons. The van der Waals surface area contributed by atoms with Gasteiger partial charge in [0.15, 0.2) is 4.21 Å². The molecule has 9 heteroatoms. The van der Waals surface area contributed by atoms with Crippen molar-refractivity contribution in [1.29, 1.82) is 0 Å². The van der Waals surface area contributed by atoms with Crippen molar-refractivity contribution in [2.45, 2.75) is 17.2 Å². The van der Waals surface area contributed by atoms with Gasteiger partial charge in [0.1, 0.15) is 11.0 Å². The van der Waals surface area contributed by atoms with Gasteiger partial charge in [-0.2, -0.15) is 4.72 Å². The van der Waals surface area contributed by atoms with Crippen molar-refractivity contribution in [3.05, 3.63) is 35.5 Å². The smallest absolute Gasteiger partial charge is 0.321 e. The molecule has 0 aliphatic heterocycles. The Hall–Kier alpha value is -1.48. The fourth-order valence-corrected chi connectivity index (χ4v) is 3.93. The molecular formula is C12H11ClN2O4S2. The van der Waals surface area contributed by atoms with Crippen LogP contribution in [0.15, 0.2) is 34.7 Å². The topological polar surface area (TPSA) is 96.4 Å². The molecule has 0 amide bonds. The maximum atomic E-state index is 12.0. The minimum Gasteiger partial charge on any atom is -0.480 e. The summed E-state index contributed by atoms with van der Waals surface area (Å²) in [6.07, 6.45) is 1.20. The second-order valence-corrected chi connectivity index (χ2v) is 7.58. The standard InChI is InChI=1S/C12H11ClN2O4S2/c1-7(12(16)17)15-21(18,19)10-6-14-11(20-10)8-2-4-9(13)5-3-8/h2-7,15H,1H3,(H,16,17)/t7-/m1/s1. The SMILES string of the molecule is C[C@@H](NS(=O)(=O)c1cnc(-c2ccc(Cl)cc2)s1)C(=O)O. The van der Waals surface area contributed by atoms with E-state index in [1.165, 1.54) is 13.1 Å². The highest BCUT2D eigenvalue weighted by molar-refractivity contribution is 7.91. The zero-order valence-electron chi connectivity index (χ0n) is 10.8. The molecule has 1 heterocycles. The van der Waals surface area contributed by atoms with Crippen LogP contribution in [0.1, 0.15) is 6.92 Å². The molecule has 21 heavy (non-hydrogen) atoms. The molecule has 6 nitrogen and oxygen atoms in total. The third-order valence-electron chi connectivity index (χ3n) is 2.54. The van der Waals surface area contributed by atoms with Gasteiger partial charge in [-0.05, 0) is 19.1 Å². The number of carboxylic acids is 1. The van der Waals surface area contributed by atoms with Crippen LogP contribution in [0.3, 0.4) is 0 Å². The van der Waals surface area contributed by atoms with Crippen molar-refractivity contribution < 1.29 is 18.3 Å². The van der Waals surface area contributed by atoms with Crippen LogP contribution in [-0.4, -0.2) is 30.5 Å². The average molecular weight is 347 g/mol. The van der Waals surface area contributed by atoms with Gasteiger partial charge in [0, 0.05) is 10.6 Å². The summed E-state index contributed by atoms with van der Waals surface area (Å²) >= 11 is 6.74. The molecular weight excluding hydrogens is 336 g/mol. The largest absolute Gasteiger partial charge is 0.480 e. The van der Waals surface area contributed by atoms with Crippen molar-refractivity contribution in [3.63, 3.8) is 0 Å². The Bertz CT molecular complexity index is 756. The van der Waals surface area contributed by atoms with E-state index in [1.807, 2.05) is 0 Å². The van der Waals surface area contributed by atoms with Gasteiger partial charge in [-0.15, -0.1) is 11.3 Å². The lowest BCUT2D eigenvalue weighted by molar-refractivity contribution is -0.138. The molecule has 2 N–H and O–H groups in total. The summed E-state index contributed by atoms with van der Waals surface area (Å²) in [5, 5.41) is 9.83.